The second-order valence-electron chi connectivity index (χ2n) is 7.26. The average Bonchev–Trinajstić information content (AvgIpc) is 3.29. The van der Waals surface area contributed by atoms with E-state index in [9.17, 15) is 5.11 Å². The molecule has 0 saturated heterocycles. The first kappa shape index (κ1) is 18.2. The number of hydrogen-bond acceptors (Lipinski definition) is 5. The topological polar surface area (TPSA) is 77.1 Å². The molecular weight excluding hydrogens is 291 g/mol. The van der Waals surface area contributed by atoms with Crippen molar-refractivity contribution in [1.29, 1.82) is 0 Å². The second kappa shape index (κ2) is 7.20. The molecule has 1 unspecified atom stereocenters. The van der Waals surface area contributed by atoms with Crippen LogP contribution < -0.4 is 5.73 Å². The van der Waals surface area contributed by atoms with Gasteiger partial charge in [-0.1, -0.05) is 11.5 Å². The first-order chi connectivity index (χ1) is 10.7. The van der Waals surface area contributed by atoms with Crippen LogP contribution in [0, 0.1) is 0 Å². The van der Waals surface area contributed by atoms with Crippen molar-refractivity contribution in [2.45, 2.75) is 70.3 Å². The molecule has 0 amide bonds. The van der Waals surface area contributed by atoms with Gasteiger partial charge in [0.15, 0.2) is 0 Å². The Hall–Kier alpha value is -1.11. The number of nitrogens with zero attached hydrogens (tertiary/aromatic N) is 1. The Morgan fingerprint density at radius 3 is 2.70 bits per heavy atom. The van der Waals surface area contributed by atoms with Gasteiger partial charge in [0.25, 0.3) is 0 Å². The van der Waals surface area contributed by atoms with Gasteiger partial charge in [-0.05, 0) is 47.0 Å². The quantitative estimate of drug-likeness (QED) is 0.555. The zero-order valence-electron chi connectivity index (χ0n) is 14.6. The third kappa shape index (κ3) is 5.19. The summed E-state index contributed by atoms with van der Waals surface area (Å²) in [4.78, 5) is 4.47. The molecule has 1 radical (unpaired) electrons. The predicted octanol–water partition coefficient (Wildman–Crippen LogP) is 1.92. The van der Waals surface area contributed by atoms with E-state index in [4.69, 9.17) is 15.1 Å². The minimum absolute atomic E-state index is 0.198. The van der Waals surface area contributed by atoms with Crippen LogP contribution in [-0.4, -0.2) is 48.8 Å². The van der Waals surface area contributed by atoms with Crippen molar-refractivity contribution in [3.63, 3.8) is 0 Å². The zero-order valence-corrected chi connectivity index (χ0v) is 14.6. The summed E-state index contributed by atoms with van der Waals surface area (Å²) in [6.07, 6.45) is 8.28. The van der Waals surface area contributed by atoms with Crippen LogP contribution in [0.5, 0.6) is 0 Å². The molecule has 1 aliphatic heterocycles. The summed E-state index contributed by atoms with van der Waals surface area (Å²) in [5.74, 6) is 0. The summed E-state index contributed by atoms with van der Waals surface area (Å²) < 4.78 is 11.6. The minimum Gasteiger partial charge on any atom is -0.427 e. The molecule has 2 rings (SSSR count). The third-order valence-corrected chi connectivity index (χ3v) is 4.53. The number of ether oxygens (including phenoxy) is 1. The van der Waals surface area contributed by atoms with Crippen LogP contribution in [0.1, 0.15) is 47.0 Å². The maximum Gasteiger partial charge on any atom is 0.326 e. The molecule has 1 fully saturated rings. The Labute approximate surface area is 139 Å². The third-order valence-electron chi connectivity index (χ3n) is 4.53. The molecule has 3 N–H and O–H groups in total. The number of rotatable bonds is 7. The van der Waals surface area contributed by atoms with Crippen molar-refractivity contribution in [2.75, 3.05) is 6.61 Å². The van der Waals surface area contributed by atoms with Crippen molar-refractivity contribution < 1.29 is 14.5 Å². The summed E-state index contributed by atoms with van der Waals surface area (Å²) in [7, 11) is 1.72. The molecular formula is C17H28BN2O3. The smallest absolute Gasteiger partial charge is 0.326 e. The molecule has 1 saturated carbocycles. The van der Waals surface area contributed by atoms with E-state index < -0.39 is 11.2 Å². The van der Waals surface area contributed by atoms with Gasteiger partial charge in [0, 0.05) is 18.0 Å². The van der Waals surface area contributed by atoms with Crippen LogP contribution in [-0.2, 0) is 9.39 Å². The largest absolute Gasteiger partial charge is 0.427 e. The lowest BCUT2D eigenvalue weighted by Gasteiger charge is -2.38. The van der Waals surface area contributed by atoms with Gasteiger partial charge in [-0.15, -0.1) is 0 Å². The van der Waals surface area contributed by atoms with Crippen LogP contribution in [0.15, 0.2) is 28.3 Å². The Bertz CT molecular complexity index is 502. The molecule has 0 spiro atoms. The lowest BCUT2D eigenvalue weighted by molar-refractivity contribution is -0.0898. The lowest BCUT2D eigenvalue weighted by atomic mass is 9.79. The van der Waals surface area contributed by atoms with Gasteiger partial charge in [-0.25, -0.2) is 0 Å². The van der Waals surface area contributed by atoms with Crippen LogP contribution in [0.4, 0.5) is 0 Å². The lowest BCUT2D eigenvalue weighted by Crippen LogP contribution is -2.48. The van der Waals surface area contributed by atoms with Crippen molar-refractivity contribution >= 4 is 13.7 Å². The summed E-state index contributed by atoms with van der Waals surface area (Å²) in [5, 5.41) is 10.1. The van der Waals surface area contributed by atoms with Crippen LogP contribution >= 0.6 is 0 Å². The van der Waals surface area contributed by atoms with E-state index in [2.05, 4.69) is 4.99 Å². The molecule has 6 heteroatoms. The van der Waals surface area contributed by atoms with E-state index in [-0.39, 0.29) is 6.10 Å². The minimum atomic E-state index is -0.937. The second-order valence-corrected chi connectivity index (χ2v) is 7.26. The molecule has 23 heavy (non-hydrogen) atoms. The van der Waals surface area contributed by atoms with Crippen molar-refractivity contribution in [2.24, 2.45) is 10.7 Å². The number of hydrogen-bond donors (Lipinski definition) is 2. The van der Waals surface area contributed by atoms with Gasteiger partial charge in [0.1, 0.15) is 6.10 Å². The van der Waals surface area contributed by atoms with Gasteiger partial charge in [0.2, 0.25) is 0 Å². The Balaban J connectivity index is 1.98. The Morgan fingerprint density at radius 1 is 1.43 bits per heavy atom. The highest BCUT2D eigenvalue weighted by molar-refractivity contribution is 6.38. The fraction of sp³-hybridized carbons (Fsp3) is 0.706. The molecule has 0 bridgehead atoms. The summed E-state index contributed by atoms with van der Waals surface area (Å²) in [6, 6.07) is 0.458. The maximum absolute atomic E-state index is 10.1. The van der Waals surface area contributed by atoms with E-state index >= 15 is 0 Å². The van der Waals surface area contributed by atoms with Gasteiger partial charge >= 0.3 is 7.48 Å². The van der Waals surface area contributed by atoms with E-state index in [1.54, 1.807) is 27.5 Å². The van der Waals surface area contributed by atoms with Crippen molar-refractivity contribution in [1.82, 2.24) is 0 Å². The molecule has 2 aliphatic rings. The molecule has 1 aliphatic carbocycles. The van der Waals surface area contributed by atoms with Crippen molar-refractivity contribution in [3.05, 3.63) is 23.3 Å². The molecule has 0 aromatic carbocycles. The van der Waals surface area contributed by atoms with E-state index in [0.717, 1.165) is 30.3 Å². The van der Waals surface area contributed by atoms with Crippen LogP contribution in [0.25, 0.3) is 0 Å². The maximum atomic E-state index is 10.1. The predicted molar refractivity (Wildman–Crippen MR) is 93.4 cm³/mol. The van der Waals surface area contributed by atoms with E-state index in [0.29, 0.717) is 12.6 Å². The van der Waals surface area contributed by atoms with Gasteiger partial charge in [0.05, 0.1) is 23.9 Å². The van der Waals surface area contributed by atoms with E-state index in [1.807, 2.05) is 26.1 Å². The van der Waals surface area contributed by atoms with Gasteiger partial charge < -0.3 is 20.2 Å². The number of nitrogens with two attached hydrogens (primary N) is 1. The molecule has 1 atom stereocenters. The van der Waals surface area contributed by atoms with Crippen LogP contribution in [0.2, 0.25) is 0 Å². The zero-order chi connectivity index (χ0) is 17.1. The van der Waals surface area contributed by atoms with Gasteiger partial charge in [-0.2, -0.15) is 0 Å². The summed E-state index contributed by atoms with van der Waals surface area (Å²) in [6.45, 7) is 7.83. The summed E-state index contributed by atoms with van der Waals surface area (Å²) >= 11 is 0. The monoisotopic (exact) mass is 319 g/mol. The highest BCUT2D eigenvalue weighted by atomic mass is 16.5. The molecule has 5 nitrogen and oxygen atoms in total. The van der Waals surface area contributed by atoms with Crippen LogP contribution in [0.3, 0.4) is 0 Å². The molecule has 0 aromatic heterocycles. The fourth-order valence-corrected chi connectivity index (χ4v) is 1.91. The standard InChI is InChI=1S/C17H28BN2O3/c1-16(2,21)17(3,4)23-18-13-7-8-22-15(9-13)12(10-19)11-20-14-5-6-14/h9-11,14-15,21H,5-8,19H2,1-4H3/b12-10+,20-11?. The number of aliphatic imine (C=N–C) groups is 1. The Kier molecular flexibility index (Phi) is 5.71. The molecule has 127 valence electrons. The highest BCUT2D eigenvalue weighted by Crippen LogP contribution is 2.27. The van der Waals surface area contributed by atoms with Gasteiger partial charge in [-0.3, -0.25) is 4.99 Å². The van der Waals surface area contributed by atoms with E-state index in [1.165, 1.54) is 0 Å². The first-order valence-corrected chi connectivity index (χ1v) is 8.23. The molecule has 0 aromatic rings. The Morgan fingerprint density at radius 2 is 2.13 bits per heavy atom. The first-order valence-electron chi connectivity index (χ1n) is 8.23. The highest BCUT2D eigenvalue weighted by Gasteiger charge is 2.36. The van der Waals surface area contributed by atoms with Crippen molar-refractivity contribution in [3.8, 4) is 0 Å². The number of aliphatic hydroxyl groups is 1. The SMILES string of the molecule is CC(C)(O)C(C)(C)O[B]C1=CC(/C(C=NC2CC2)=C/N)OCC1. The average molecular weight is 319 g/mol. The fourth-order valence-electron chi connectivity index (χ4n) is 1.91. The molecule has 1 heterocycles. The normalized spacial score (nSPS) is 24.0. The summed E-state index contributed by atoms with van der Waals surface area (Å²) in [5.41, 5.74) is 6.01.